The molecule has 5 aromatic rings. The molecule has 1 N–H and O–H groups in total. The van der Waals surface area contributed by atoms with E-state index in [4.69, 9.17) is 14.5 Å². The topological polar surface area (TPSA) is 65.4 Å². The third-order valence-electron chi connectivity index (χ3n) is 8.20. The lowest BCUT2D eigenvalue weighted by molar-refractivity contribution is -0.120. The molecule has 238 valence electrons. The molecule has 0 bridgehead atoms. The van der Waals surface area contributed by atoms with Gasteiger partial charge >= 0.3 is 0 Å². The molecule has 0 aliphatic heterocycles. The molecule has 46 heavy (non-hydrogen) atoms. The van der Waals surface area contributed by atoms with E-state index in [9.17, 15) is 4.79 Å². The molecule has 1 aromatic heterocycles. The largest absolute Gasteiger partial charge is 0.493 e. The van der Waals surface area contributed by atoms with Gasteiger partial charge in [0.2, 0.25) is 5.91 Å². The maximum absolute atomic E-state index is 12.5. The van der Waals surface area contributed by atoms with E-state index in [1.807, 2.05) is 54.6 Å². The minimum atomic E-state index is 0.0707. The molecule has 1 heterocycles. The number of nitrogens with one attached hydrogen (secondary N) is 1. The summed E-state index contributed by atoms with van der Waals surface area (Å²) in [4.78, 5) is 17.5. The number of fused-ring (bicyclic) bond motifs is 1. The molecule has 0 saturated carbocycles. The summed E-state index contributed by atoms with van der Waals surface area (Å²) in [5, 5.41) is 3.09. The van der Waals surface area contributed by atoms with Crippen LogP contribution in [0.3, 0.4) is 0 Å². The predicted octanol–water partition coefficient (Wildman–Crippen LogP) is 8.37. The Morgan fingerprint density at radius 1 is 0.826 bits per heavy atom. The molecule has 0 saturated heterocycles. The maximum atomic E-state index is 12.5. The van der Waals surface area contributed by atoms with Crippen molar-refractivity contribution in [2.24, 2.45) is 0 Å². The lowest BCUT2D eigenvalue weighted by Crippen LogP contribution is -2.26. The summed E-state index contributed by atoms with van der Waals surface area (Å²) in [7, 11) is 1.68. The first-order valence-electron chi connectivity index (χ1n) is 16.4. The van der Waals surface area contributed by atoms with Crippen LogP contribution in [0.4, 0.5) is 0 Å². The van der Waals surface area contributed by atoms with E-state index in [0.717, 1.165) is 91.0 Å². The van der Waals surface area contributed by atoms with Crippen LogP contribution in [0.25, 0.3) is 22.2 Å². The number of unbranched alkanes of at least 4 members (excludes halogenated alkanes) is 3. The number of rotatable bonds is 18. The number of allylic oxidation sites excluding steroid dienone is 1. The van der Waals surface area contributed by atoms with E-state index in [1.54, 1.807) is 7.11 Å². The monoisotopic (exact) mass is 615 g/mol. The minimum absolute atomic E-state index is 0.0707. The maximum Gasteiger partial charge on any atom is 0.224 e. The average molecular weight is 616 g/mol. The molecule has 6 nitrogen and oxygen atoms in total. The van der Waals surface area contributed by atoms with Crippen molar-refractivity contribution in [1.82, 2.24) is 14.9 Å². The standard InChI is InChI=1S/C40H45N3O3/c1-3-14-31-22-25-37(38(29-31)45-2)46-28-13-12-27-43-36-18-10-9-17-35(36)42-39(43)19-8-5-11-26-41-40(44)30-32-20-23-34(24-21-32)33-15-6-4-7-16-33/h3-4,6-7,9-10,15-18,20-25,29H,1,5,8,11-14,19,26-28,30H2,2H3,(H,41,44). The second-order valence-electron chi connectivity index (χ2n) is 11.6. The first-order chi connectivity index (χ1) is 22.6. The van der Waals surface area contributed by atoms with Crippen LogP contribution < -0.4 is 14.8 Å². The molecular weight excluding hydrogens is 570 g/mol. The van der Waals surface area contributed by atoms with Crippen LogP contribution in [0, 0.1) is 0 Å². The highest BCUT2D eigenvalue weighted by Crippen LogP contribution is 2.29. The molecule has 0 fully saturated rings. The van der Waals surface area contributed by atoms with Crippen molar-refractivity contribution >= 4 is 16.9 Å². The van der Waals surface area contributed by atoms with Gasteiger partial charge in [-0.1, -0.05) is 85.3 Å². The van der Waals surface area contributed by atoms with Gasteiger partial charge in [-0.25, -0.2) is 4.98 Å². The Balaban J connectivity index is 1.03. The second-order valence-corrected chi connectivity index (χ2v) is 11.6. The number of hydrogen-bond acceptors (Lipinski definition) is 4. The van der Waals surface area contributed by atoms with Gasteiger partial charge in [0.05, 0.1) is 31.2 Å². The number of methoxy groups -OCH3 is 1. The zero-order valence-corrected chi connectivity index (χ0v) is 26.9. The minimum Gasteiger partial charge on any atom is -0.493 e. The van der Waals surface area contributed by atoms with Crippen molar-refractivity contribution in [1.29, 1.82) is 0 Å². The summed E-state index contributed by atoms with van der Waals surface area (Å²) in [6.07, 6.45) is 8.96. The summed E-state index contributed by atoms with van der Waals surface area (Å²) >= 11 is 0. The van der Waals surface area contributed by atoms with Crippen molar-refractivity contribution in [3.8, 4) is 22.6 Å². The van der Waals surface area contributed by atoms with E-state index in [2.05, 4.69) is 65.0 Å². The molecule has 0 radical (unpaired) electrons. The molecule has 0 aliphatic carbocycles. The number of carbonyl (C=O) groups is 1. The molecule has 4 aromatic carbocycles. The fourth-order valence-corrected chi connectivity index (χ4v) is 5.75. The Bertz CT molecular complexity index is 1690. The van der Waals surface area contributed by atoms with Crippen LogP contribution in [0.2, 0.25) is 0 Å². The number of aryl methyl sites for hydroxylation is 2. The van der Waals surface area contributed by atoms with E-state index in [0.29, 0.717) is 19.6 Å². The Morgan fingerprint density at radius 2 is 1.59 bits per heavy atom. The van der Waals surface area contributed by atoms with Gasteiger partial charge in [-0.05, 0) is 78.6 Å². The molecule has 5 rings (SSSR count). The highest BCUT2D eigenvalue weighted by atomic mass is 16.5. The molecule has 0 unspecified atom stereocenters. The number of para-hydroxylation sites is 2. The fourth-order valence-electron chi connectivity index (χ4n) is 5.75. The van der Waals surface area contributed by atoms with E-state index in [1.165, 1.54) is 11.1 Å². The highest BCUT2D eigenvalue weighted by Gasteiger charge is 2.11. The van der Waals surface area contributed by atoms with Gasteiger partial charge in [0.25, 0.3) is 0 Å². The Hall–Kier alpha value is -4.84. The van der Waals surface area contributed by atoms with Crippen LogP contribution in [0.5, 0.6) is 11.5 Å². The fraction of sp³-hybridized carbons (Fsp3) is 0.300. The zero-order valence-electron chi connectivity index (χ0n) is 26.9. The van der Waals surface area contributed by atoms with Gasteiger partial charge < -0.3 is 19.4 Å². The summed E-state index contributed by atoms with van der Waals surface area (Å²) in [6, 6.07) is 33.0. The van der Waals surface area contributed by atoms with Gasteiger partial charge in [-0.2, -0.15) is 0 Å². The Labute approximate surface area is 273 Å². The van der Waals surface area contributed by atoms with Crippen LogP contribution in [-0.2, 0) is 30.6 Å². The molecule has 0 aliphatic rings. The number of ether oxygens (including phenoxy) is 2. The lowest BCUT2D eigenvalue weighted by atomic mass is 10.0. The zero-order chi connectivity index (χ0) is 32.0. The van der Waals surface area contributed by atoms with Crippen molar-refractivity contribution in [2.45, 2.75) is 57.9 Å². The quantitative estimate of drug-likeness (QED) is 0.0795. The van der Waals surface area contributed by atoms with E-state index in [-0.39, 0.29) is 5.91 Å². The highest BCUT2D eigenvalue weighted by molar-refractivity contribution is 5.79. The Morgan fingerprint density at radius 3 is 2.39 bits per heavy atom. The molecule has 1 amide bonds. The first kappa shape index (κ1) is 32.6. The summed E-state index contributed by atoms with van der Waals surface area (Å²) in [5.74, 6) is 2.74. The summed E-state index contributed by atoms with van der Waals surface area (Å²) < 4.78 is 14.0. The number of benzene rings is 4. The summed E-state index contributed by atoms with van der Waals surface area (Å²) in [5.41, 5.74) is 6.76. The van der Waals surface area contributed by atoms with Crippen LogP contribution >= 0.6 is 0 Å². The normalized spacial score (nSPS) is 11.0. The van der Waals surface area contributed by atoms with Gasteiger partial charge in [-0.15, -0.1) is 6.58 Å². The van der Waals surface area contributed by atoms with Crippen LogP contribution in [0.1, 0.15) is 49.1 Å². The van der Waals surface area contributed by atoms with Crippen LogP contribution in [0.15, 0.2) is 110 Å². The van der Waals surface area contributed by atoms with Crippen molar-refractivity contribution in [2.75, 3.05) is 20.3 Å². The number of hydrogen-bond donors (Lipinski definition) is 1. The first-order valence-corrected chi connectivity index (χ1v) is 16.4. The predicted molar refractivity (Wildman–Crippen MR) is 188 cm³/mol. The average Bonchev–Trinajstić information content (AvgIpc) is 3.44. The molecule has 6 heteroatoms. The lowest BCUT2D eigenvalue weighted by Gasteiger charge is -2.13. The van der Waals surface area contributed by atoms with E-state index < -0.39 is 0 Å². The third-order valence-corrected chi connectivity index (χ3v) is 8.20. The number of nitrogens with zero attached hydrogens (tertiary/aromatic N) is 2. The van der Waals surface area contributed by atoms with Gasteiger partial charge in [-0.3, -0.25) is 4.79 Å². The number of aromatic nitrogens is 2. The van der Waals surface area contributed by atoms with Gasteiger partial charge in [0.15, 0.2) is 11.5 Å². The number of amides is 1. The number of carbonyl (C=O) groups excluding carboxylic acids is 1. The van der Waals surface area contributed by atoms with Crippen LogP contribution in [-0.4, -0.2) is 35.7 Å². The number of imidazole rings is 1. The molecule has 0 atom stereocenters. The van der Waals surface area contributed by atoms with E-state index >= 15 is 0 Å². The molecular formula is C40H45N3O3. The van der Waals surface area contributed by atoms with Gasteiger partial charge in [0.1, 0.15) is 5.82 Å². The SMILES string of the molecule is C=CCc1ccc(OCCCCn2c(CCCCCNC(=O)Cc3ccc(-c4ccccc4)cc3)nc3ccccc32)c(OC)c1. The molecule has 0 spiro atoms. The Kier molecular flexibility index (Phi) is 12.0. The summed E-state index contributed by atoms with van der Waals surface area (Å²) in [6.45, 7) is 6.03. The van der Waals surface area contributed by atoms with Crippen molar-refractivity contribution < 1.29 is 14.3 Å². The van der Waals surface area contributed by atoms with Gasteiger partial charge in [0, 0.05) is 19.5 Å². The smallest absolute Gasteiger partial charge is 0.224 e. The second kappa shape index (κ2) is 17.0. The van der Waals surface area contributed by atoms with Crippen molar-refractivity contribution in [3.63, 3.8) is 0 Å². The van der Waals surface area contributed by atoms with Crippen molar-refractivity contribution in [3.05, 3.63) is 127 Å². The third kappa shape index (κ3) is 9.10.